The van der Waals surface area contributed by atoms with Crippen molar-refractivity contribution in [2.45, 2.75) is 0 Å². The molecule has 0 atom stereocenters. The molecule has 0 radical (unpaired) electrons. The largest absolute Gasteiger partial charge is 0.492 e. The lowest BCUT2D eigenvalue weighted by atomic mass is 10.1. The van der Waals surface area contributed by atoms with Gasteiger partial charge in [-0.2, -0.15) is 0 Å². The molecule has 0 unspecified atom stereocenters. The zero-order valence-corrected chi connectivity index (χ0v) is 17.8. The minimum Gasteiger partial charge on any atom is -0.492 e. The van der Waals surface area contributed by atoms with Crippen LogP contribution in [0.1, 0.15) is 0 Å². The highest BCUT2D eigenvalue weighted by atomic mass is 16.5. The summed E-state index contributed by atoms with van der Waals surface area (Å²) in [7, 11) is 1.58. The molecule has 32 heavy (non-hydrogen) atoms. The summed E-state index contributed by atoms with van der Waals surface area (Å²) in [5, 5.41) is 10.9. The molecule has 0 saturated heterocycles. The Hall–Kier alpha value is -3.62. The lowest BCUT2D eigenvalue weighted by molar-refractivity contribution is -0.138. The van der Waals surface area contributed by atoms with E-state index >= 15 is 0 Å². The number of rotatable bonds is 10. The number of carbonyl (C=O) groups is 1. The summed E-state index contributed by atoms with van der Waals surface area (Å²) in [6.45, 7) is 1.74. The first-order valence-electron chi connectivity index (χ1n) is 10.3. The van der Waals surface area contributed by atoms with Crippen molar-refractivity contribution in [1.29, 1.82) is 0 Å². The molecule has 3 N–H and O–H groups in total. The average molecular weight is 435 g/mol. The quantitative estimate of drug-likeness (QED) is 0.353. The third kappa shape index (κ3) is 4.99. The molecule has 0 amide bonds. The Balaban J connectivity index is 1.49. The smallest absolute Gasteiger partial charge is 0.317 e. The van der Waals surface area contributed by atoms with Crippen LogP contribution < -0.4 is 10.3 Å². The second-order valence-corrected chi connectivity index (χ2v) is 7.54. The summed E-state index contributed by atoms with van der Waals surface area (Å²) in [5.41, 5.74) is 2.85. The first-order chi connectivity index (χ1) is 15.5. The highest BCUT2D eigenvalue weighted by molar-refractivity contribution is 5.89. The molecule has 0 saturated carbocycles. The number of nitrogens with one attached hydrogen (secondary N) is 2. The number of hydrogen-bond donors (Lipinski definition) is 3. The lowest BCUT2D eigenvalue weighted by Crippen LogP contribution is -2.35. The van der Waals surface area contributed by atoms with Gasteiger partial charge in [-0.15, -0.1) is 0 Å². The number of benzene rings is 2. The monoisotopic (exact) mass is 435 g/mol. The number of carboxylic acids is 1. The van der Waals surface area contributed by atoms with Crippen molar-refractivity contribution in [2.75, 3.05) is 40.0 Å². The van der Waals surface area contributed by atoms with Crippen LogP contribution in [-0.4, -0.2) is 65.9 Å². The number of aromatic amines is 2. The van der Waals surface area contributed by atoms with Crippen LogP contribution in [0, 0.1) is 0 Å². The fourth-order valence-corrected chi connectivity index (χ4v) is 3.67. The van der Waals surface area contributed by atoms with Crippen molar-refractivity contribution < 1.29 is 19.4 Å². The molecule has 0 bridgehead atoms. The molecule has 2 heterocycles. The van der Waals surface area contributed by atoms with Gasteiger partial charge in [-0.3, -0.25) is 14.5 Å². The van der Waals surface area contributed by atoms with Gasteiger partial charge in [-0.05, 0) is 41.8 Å². The maximum absolute atomic E-state index is 12.6. The van der Waals surface area contributed by atoms with Crippen LogP contribution >= 0.6 is 0 Å². The zero-order valence-electron chi connectivity index (χ0n) is 17.8. The van der Waals surface area contributed by atoms with Gasteiger partial charge in [0, 0.05) is 36.6 Å². The van der Waals surface area contributed by atoms with E-state index in [9.17, 15) is 9.59 Å². The van der Waals surface area contributed by atoms with Crippen LogP contribution in [0.5, 0.6) is 5.75 Å². The number of carboxylic acid groups (broad SMARTS) is 1. The van der Waals surface area contributed by atoms with Gasteiger partial charge in [-0.25, -0.2) is 0 Å². The molecule has 0 aliphatic rings. The predicted octanol–water partition coefficient (Wildman–Crippen LogP) is 3.09. The second-order valence-electron chi connectivity index (χ2n) is 7.54. The molecular weight excluding hydrogens is 410 g/mol. The van der Waals surface area contributed by atoms with E-state index in [0.29, 0.717) is 37.6 Å². The standard InChI is InChI=1S/C24H25N3O5/c1-31-10-8-27(15-23(28)29)9-11-32-18-6-7-21-17(12-18)14-22(25-21)19-13-16-4-2-3-5-20(16)26-24(19)30/h2-7,12-14,25H,8-11,15H2,1H3,(H,26,30)(H,28,29). The normalized spacial score (nSPS) is 11.4. The van der Waals surface area contributed by atoms with Crippen molar-refractivity contribution in [3.05, 3.63) is 65.0 Å². The van der Waals surface area contributed by atoms with Crippen molar-refractivity contribution in [3.63, 3.8) is 0 Å². The number of aliphatic carboxylic acids is 1. The molecule has 0 fully saturated rings. The topological polar surface area (TPSA) is 108 Å². The fraction of sp³-hybridized carbons (Fsp3) is 0.250. The summed E-state index contributed by atoms with van der Waals surface area (Å²) in [6, 6.07) is 17.1. The van der Waals surface area contributed by atoms with E-state index in [-0.39, 0.29) is 12.1 Å². The van der Waals surface area contributed by atoms with Gasteiger partial charge < -0.3 is 24.5 Å². The summed E-state index contributed by atoms with van der Waals surface area (Å²) in [4.78, 5) is 31.6. The van der Waals surface area contributed by atoms with E-state index in [2.05, 4.69) is 9.97 Å². The molecule has 2 aromatic carbocycles. The Labute approximate surface area is 184 Å². The fourth-order valence-electron chi connectivity index (χ4n) is 3.67. The number of para-hydroxylation sites is 1. The number of ether oxygens (including phenoxy) is 2. The number of fused-ring (bicyclic) bond motifs is 2. The zero-order chi connectivity index (χ0) is 22.5. The highest BCUT2D eigenvalue weighted by Crippen LogP contribution is 2.26. The number of nitrogens with zero attached hydrogens (tertiary/aromatic N) is 1. The van der Waals surface area contributed by atoms with Crippen LogP contribution in [0.15, 0.2) is 59.4 Å². The third-order valence-electron chi connectivity index (χ3n) is 5.28. The average Bonchev–Trinajstić information content (AvgIpc) is 3.19. The van der Waals surface area contributed by atoms with E-state index in [1.165, 1.54) is 0 Å². The van der Waals surface area contributed by atoms with Crippen LogP contribution in [0.3, 0.4) is 0 Å². The first kappa shape index (κ1) is 21.6. The Bertz CT molecular complexity index is 1290. The third-order valence-corrected chi connectivity index (χ3v) is 5.28. The van der Waals surface area contributed by atoms with Gasteiger partial charge in [-0.1, -0.05) is 18.2 Å². The van der Waals surface area contributed by atoms with Gasteiger partial charge in [0.05, 0.1) is 24.4 Å². The molecule has 166 valence electrons. The summed E-state index contributed by atoms with van der Waals surface area (Å²) < 4.78 is 10.9. The molecule has 8 nitrogen and oxygen atoms in total. The Morgan fingerprint density at radius 1 is 0.969 bits per heavy atom. The van der Waals surface area contributed by atoms with Gasteiger partial charge in [0.15, 0.2) is 0 Å². The maximum atomic E-state index is 12.6. The maximum Gasteiger partial charge on any atom is 0.317 e. The van der Waals surface area contributed by atoms with E-state index in [1.807, 2.05) is 54.6 Å². The van der Waals surface area contributed by atoms with E-state index in [0.717, 1.165) is 27.5 Å². The number of H-pyrrole nitrogens is 2. The highest BCUT2D eigenvalue weighted by Gasteiger charge is 2.11. The molecule has 4 aromatic rings. The van der Waals surface area contributed by atoms with E-state index in [4.69, 9.17) is 14.6 Å². The minimum absolute atomic E-state index is 0.0623. The lowest BCUT2D eigenvalue weighted by Gasteiger charge is -2.19. The first-order valence-corrected chi connectivity index (χ1v) is 10.3. The molecule has 0 spiro atoms. The van der Waals surface area contributed by atoms with Crippen molar-refractivity contribution in [1.82, 2.24) is 14.9 Å². The van der Waals surface area contributed by atoms with Gasteiger partial charge in [0.25, 0.3) is 5.56 Å². The Morgan fingerprint density at radius 3 is 2.56 bits per heavy atom. The van der Waals surface area contributed by atoms with Crippen LogP contribution in [0.2, 0.25) is 0 Å². The number of methoxy groups -OCH3 is 1. The summed E-state index contributed by atoms with van der Waals surface area (Å²) in [6.07, 6.45) is 0. The Morgan fingerprint density at radius 2 is 1.75 bits per heavy atom. The molecule has 4 rings (SSSR count). The Kier molecular flexibility index (Phi) is 6.53. The molecule has 0 aliphatic carbocycles. The van der Waals surface area contributed by atoms with E-state index < -0.39 is 5.97 Å². The molecular formula is C24H25N3O5. The summed E-state index contributed by atoms with van der Waals surface area (Å²) in [5.74, 6) is -0.205. The SMILES string of the molecule is COCCN(CCOc1ccc2[nH]c(-c3cc4ccccc4[nH]c3=O)cc2c1)CC(=O)O. The van der Waals surface area contributed by atoms with Crippen LogP contribution in [0.4, 0.5) is 0 Å². The van der Waals surface area contributed by atoms with Crippen molar-refractivity contribution >= 4 is 27.8 Å². The number of aromatic nitrogens is 2. The minimum atomic E-state index is -0.883. The van der Waals surface area contributed by atoms with E-state index in [1.54, 1.807) is 12.0 Å². The predicted molar refractivity (Wildman–Crippen MR) is 123 cm³/mol. The van der Waals surface area contributed by atoms with Gasteiger partial charge in [0.1, 0.15) is 12.4 Å². The molecule has 2 aromatic heterocycles. The second kappa shape index (κ2) is 9.67. The molecule has 0 aliphatic heterocycles. The van der Waals surface area contributed by atoms with Gasteiger partial charge >= 0.3 is 5.97 Å². The van der Waals surface area contributed by atoms with Crippen LogP contribution in [0.25, 0.3) is 33.1 Å². The summed E-state index contributed by atoms with van der Waals surface area (Å²) >= 11 is 0. The molecule has 8 heteroatoms. The number of pyridine rings is 1. The number of hydrogen-bond acceptors (Lipinski definition) is 5. The van der Waals surface area contributed by atoms with Gasteiger partial charge in [0.2, 0.25) is 0 Å². The van der Waals surface area contributed by atoms with Crippen LogP contribution in [-0.2, 0) is 9.53 Å². The van der Waals surface area contributed by atoms with Crippen molar-refractivity contribution in [3.8, 4) is 17.0 Å². The van der Waals surface area contributed by atoms with Crippen molar-refractivity contribution in [2.24, 2.45) is 0 Å².